The van der Waals surface area contributed by atoms with Crippen LogP contribution in [0.15, 0.2) is 4.99 Å². The number of nitrogens with zero attached hydrogens (tertiary/aromatic N) is 4. The van der Waals surface area contributed by atoms with Crippen LogP contribution in [0.1, 0.15) is 64.4 Å². The summed E-state index contributed by atoms with van der Waals surface area (Å²) < 4.78 is 1.97. The summed E-state index contributed by atoms with van der Waals surface area (Å²) >= 11 is 0. The summed E-state index contributed by atoms with van der Waals surface area (Å²) in [6, 6.07) is 0.289. The molecule has 1 aromatic heterocycles. The molecule has 6 nitrogen and oxygen atoms in total. The molecule has 2 heterocycles. The lowest BCUT2D eigenvalue weighted by atomic mass is 9.94. The second-order valence-corrected chi connectivity index (χ2v) is 9.22. The van der Waals surface area contributed by atoms with Crippen LogP contribution in [0.4, 0.5) is 0 Å². The van der Waals surface area contributed by atoms with Crippen LogP contribution in [0.3, 0.4) is 0 Å². The predicted octanol–water partition coefficient (Wildman–Crippen LogP) is 3.03. The van der Waals surface area contributed by atoms with Gasteiger partial charge in [-0.2, -0.15) is 5.10 Å². The lowest BCUT2D eigenvalue weighted by Gasteiger charge is -2.42. The van der Waals surface area contributed by atoms with Crippen molar-refractivity contribution in [1.29, 1.82) is 0 Å². The van der Waals surface area contributed by atoms with E-state index in [-0.39, 0.29) is 11.6 Å². The molecule has 28 heavy (non-hydrogen) atoms. The van der Waals surface area contributed by atoms with Gasteiger partial charge < -0.3 is 10.6 Å². The third kappa shape index (κ3) is 5.97. The molecule has 0 aliphatic carbocycles. The standard InChI is InChI=1S/C22H42N6/c1-9-23-21(24-15-22(6,7)28-12-10-11-16(2)14-28)25-17(3)13-20-18(4)26-27(8)19(20)5/h16-17H,9-15H2,1-8H3,(H2,23,24,25). The van der Waals surface area contributed by atoms with Crippen molar-refractivity contribution >= 4 is 5.96 Å². The van der Waals surface area contributed by atoms with Crippen LogP contribution in [0, 0.1) is 19.8 Å². The van der Waals surface area contributed by atoms with E-state index in [0.29, 0.717) is 0 Å². The second-order valence-electron chi connectivity index (χ2n) is 9.22. The molecule has 2 rings (SSSR count). The molecule has 1 saturated heterocycles. The molecule has 160 valence electrons. The Morgan fingerprint density at radius 1 is 1.36 bits per heavy atom. The van der Waals surface area contributed by atoms with Crippen LogP contribution < -0.4 is 10.6 Å². The Bertz CT molecular complexity index is 660. The number of aliphatic imine (C=N–C) groups is 1. The number of likely N-dealkylation sites (tertiary alicyclic amines) is 1. The molecule has 0 saturated carbocycles. The molecule has 0 radical (unpaired) electrons. The highest BCUT2D eigenvalue weighted by molar-refractivity contribution is 5.80. The maximum absolute atomic E-state index is 4.95. The van der Waals surface area contributed by atoms with Crippen molar-refractivity contribution in [1.82, 2.24) is 25.3 Å². The molecule has 2 N–H and O–H groups in total. The Morgan fingerprint density at radius 2 is 2.07 bits per heavy atom. The lowest BCUT2D eigenvalue weighted by molar-refractivity contribution is 0.0774. The van der Waals surface area contributed by atoms with Crippen molar-refractivity contribution in [2.24, 2.45) is 18.0 Å². The highest BCUT2D eigenvalue weighted by Gasteiger charge is 2.30. The van der Waals surface area contributed by atoms with Crippen molar-refractivity contribution in [2.75, 3.05) is 26.2 Å². The van der Waals surface area contributed by atoms with Gasteiger partial charge in [-0.1, -0.05) is 6.92 Å². The number of aryl methyl sites for hydroxylation is 2. The molecule has 1 fully saturated rings. The van der Waals surface area contributed by atoms with Crippen molar-refractivity contribution in [3.8, 4) is 0 Å². The minimum Gasteiger partial charge on any atom is -0.357 e. The summed E-state index contributed by atoms with van der Waals surface area (Å²) in [6.07, 6.45) is 3.60. The van der Waals surface area contributed by atoms with Crippen molar-refractivity contribution in [3.05, 3.63) is 17.0 Å². The van der Waals surface area contributed by atoms with Crippen LogP contribution in [-0.2, 0) is 13.5 Å². The van der Waals surface area contributed by atoms with Crippen LogP contribution in [0.5, 0.6) is 0 Å². The first-order valence-electron chi connectivity index (χ1n) is 10.9. The van der Waals surface area contributed by atoms with Crippen molar-refractivity contribution in [2.45, 2.75) is 79.3 Å². The van der Waals surface area contributed by atoms with Crippen LogP contribution in [0.25, 0.3) is 0 Å². The molecule has 2 atom stereocenters. The zero-order valence-electron chi connectivity index (χ0n) is 19.4. The Kier molecular flexibility index (Phi) is 7.93. The molecule has 0 bridgehead atoms. The Morgan fingerprint density at radius 3 is 2.64 bits per heavy atom. The van der Waals surface area contributed by atoms with Gasteiger partial charge in [-0.25, -0.2) is 0 Å². The quantitative estimate of drug-likeness (QED) is 0.555. The third-order valence-corrected chi connectivity index (χ3v) is 6.03. The normalized spacial score (nSPS) is 20.3. The summed E-state index contributed by atoms with van der Waals surface area (Å²) in [4.78, 5) is 7.56. The maximum atomic E-state index is 4.95. The average Bonchev–Trinajstić information content (AvgIpc) is 2.86. The second kappa shape index (κ2) is 9.77. The third-order valence-electron chi connectivity index (χ3n) is 6.03. The molecule has 2 unspecified atom stereocenters. The smallest absolute Gasteiger partial charge is 0.191 e. The topological polar surface area (TPSA) is 57.5 Å². The zero-order valence-corrected chi connectivity index (χ0v) is 19.4. The van der Waals surface area contributed by atoms with E-state index in [4.69, 9.17) is 4.99 Å². The summed E-state index contributed by atoms with van der Waals surface area (Å²) in [7, 11) is 2.01. The average molecular weight is 391 g/mol. The summed E-state index contributed by atoms with van der Waals surface area (Å²) in [5.74, 6) is 1.70. The minimum absolute atomic E-state index is 0.0802. The van der Waals surface area contributed by atoms with E-state index in [1.165, 1.54) is 37.2 Å². The van der Waals surface area contributed by atoms with Gasteiger partial charge in [-0.15, -0.1) is 0 Å². The zero-order chi connectivity index (χ0) is 20.9. The Hall–Kier alpha value is -1.56. The number of hydrogen-bond donors (Lipinski definition) is 2. The number of rotatable bonds is 7. The number of aromatic nitrogens is 2. The lowest BCUT2D eigenvalue weighted by Crippen LogP contribution is -2.51. The van der Waals surface area contributed by atoms with Gasteiger partial charge in [0.05, 0.1) is 12.2 Å². The van der Waals surface area contributed by atoms with Gasteiger partial charge in [0.1, 0.15) is 0 Å². The monoisotopic (exact) mass is 390 g/mol. The van der Waals surface area contributed by atoms with E-state index >= 15 is 0 Å². The molecular weight excluding hydrogens is 348 g/mol. The van der Waals surface area contributed by atoms with E-state index in [1.54, 1.807) is 0 Å². The fourth-order valence-electron chi connectivity index (χ4n) is 4.14. The molecule has 1 aliphatic heterocycles. The highest BCUT2D eigenvalue weighted by atomic mass is 15.3. The van der Waals surface area contributed by atoms with Gasteiger partial charge in [0.25, 0.3) is 0 Å². The minimum atomic E-state index is 0.0802. The maximum Gasteiger partial charge on any atom is 0.191 e. The van der Waals surface area contributed by atoms with Gasteiger partial charge in [0.15, 0.2) is 5.96 Å². The molecule has 6 heteroatoms. The Labute approximate surface area is 172 Å². The van der Waals surface area contributed by atoms with E-state index in [2.05, 4.69) is 69.1 Å². The Balaban J connectivity index is 2.00. The van der Waals surface area contributed by atoms with Crippen LogP contribution >= 0.6 is 0 Å². The molecule has 0 amide bonds. The fourth-order valence-corrected chi connectivity index (χ4v) is 4.14. The van der Waals surface area contributed by atoms with Gasteiger partial charge in [-0.05, 0) is 78.8 Å². The number of piperidine rings is 1. The van der Waals surface area contributed by atoms with Crippen molar-refractivity contribution < 1.29 is 0 Å². The van der Waals surface area contributed by atoms with E-state index < -0.39 is 0 Å². The van der Waals surface area contributed by atoms with Gasteiger partial charge in [0.2, 0.25) is 0 Å². The molecule has 1 aliphatic rings. The van der Waals surface area contributed by atoms with Gasteiger partial charge >= 0.3 is 0 Å². The number of nitrogens with one attached hydrogen (secondary N) is 2. The largest absolute Gasteiger partial charge is 0.357 e. The highest BCUT2D eigenvalue weighted by Crippen LogP contribution is 2.24. The molecule has 0 aromatic carbocycles. The summed E-state index contributed by atoms with van der Waals surface area (Å²) in [5.41, 5.74) is 3.78. The van der Waals surface area contributed by atoms with Crippen LogP contribution in [0.2, 0.25) is 0 Å². The first kappa shape index (κ1) is 22.7. The van der Waals surface area contributed by atoms with Crippen LogP contribution in [-0.4, -0.2) is 58.4 Å². The van der Waals surface area contributed by atoms with E-state index in [9.17, 15) is 0 Å². The molecular formula is C22H42N6. The predicted molar refractivity (Wildman–Crippen MR) is 119 cm³/mol. The van der Waals surface area contributed by atoms with Gasteiger partial charge in [0, 0.05) is 37.4 Å². The fraction of sp³-hybridized carbons (Fsp3) is 0.818. The summed E-state index contributed by atoms with van der Waals surface area (Å²) in [5, 5.41) is 11.6. The first-order valence-corrected chi connectivity index (χ1v) is 10.9. The number of hydrogen-bond acceptors (Lipinski definition) is 3. The van der Waals surface area contributed by atoms with Gasteiger partial charge in [-0.3, -0.25) is 14.6 Å². The molecule has 1 aromatic rings. The molecule has 0 spiro atoms. The van der Waals surface area contributed by atoms with Crippen molar-refractivity contribution in [3.63, 3.8) is 0 Å². The first-order chi connectivity index (χ1) is 13.1. The number of guanidine groups is 1. The summed E-state index contributed by atoms with van der Waals surface area (Å²) in [6.45, 7) is 19.6. The SMILES string of the molecule is CCNC(=NCC(C)(C)N1CCCC(C)C1)NC(C)Cc1c(C)nn(C)c1C. The van der Waals surface area contributed by atoms with E-state index in [0.717, 1.165) is 37.1 Å². The van der Waals surface area contributed by atoms with E-state index in [1.807, 2.05) is 11.7 Å².